The molecule has 0 spiro atoms. The molecule has 0 saturated carbocycles. The molecule has 33 heavy (non-hydrogen) atoms. The predicted octanol–water partition coefficient (Wildman–Crippen LogP) is 5.09. The Labute approximate surface area is 195 Å². The Hall–Kier alpha value is -3.74. The van der Waals surface area contributed by atoms with Gasteiger partial charge in [0.1, 0.15) is 11.5 Å². The Kier molecular flexibility index (Phi) is 8.52. The van der Waals surface area contributed by atoms with E-state index in [1.807, 2.05) is 19.1 Å². The molecule has 1 aromatic heterocycles. The van der Waals surface area contributed by atoms with Crippen molar-refractivity contribution in [2.75, 3.05) is 44.6 Å². The third-order valence-corrected chi connectivity index (χ3v) is 5.32. The Balaban J connectivity index is 0.000000218. The average Bonchev–Trinajstić information content (AvgIpc) is 2.88. The minimum absolute atomic E-state index is 0.359. The first-order valence-electron chi connectivity index (χ1n) is 11.0. The Morgan fingerprint density at radius 3 is 2.61 bits per heavy atom. The number of nitrogens with one attached hydrogen (secondary N) is 1. The third-order valence-electron chi connectivity index (χ3n) is 5.32. The maximum Gasteiger partial charge on any atom is 0.340 e. The van der Waals surface area contributed by atoms with Crippen LogP contribution in [-0.4, -0.2) is 45.4 Å². The standard InChI is InChI=1S/C18H21NO2.C8H10N2O2/c1-3-20-17-10-8-15(9-11-17)19(2)16-7-6-14-5-4-12-21-18(14)13-16;1-9-7-5-10-4-3-6(7)8(11)12-2/h6-11,13H,3-5,12H2,1-2H3;3-5,9H,1-2H3. The van der Waals surface area contributed by atoms with Crippen LogP contribution in [0.2, 0.25) is 0 Å². The van der Waals surface area contributed by atoms with Gasteiger partial charge in [0.2, 0.25) is 0 Å². The van der Waals surface area contributed by atoms with Crippen molar-refractivity contribution in [3.8, 4) is 11.5 Å². The summed E-state index contributed by atoms with van der Waals surface area (Å²) in [5.74, 6) is 1.57. The molecule has 1 N–H and O–H groups in total. The minimum atomic E-state index is -0.359. The van der Waals surface area contributed by atoms with Gasteiger partial charge in [-0.1, -0.05) is 6.07 Å². The average molecular weight is 450 g/mol. The maximum absolute atomic E-state index is 11.1. The van der Waals surface area contributed by atoms with Gasteiger partial charge in [-0.25, -0.2) is 4.79 Å². The summed E-state index contributed by atoms with van der Waals surface area (Å²) in [6, 6.07) is 16.2. The number of rotatable bonds is 6. The van der Waals surface area contributed by atoms with Gasteiger partial charge in [-0.3, -0.25) is 4.98 Å². The molecule has 0 unspecified atom stereocenters. The molecule has 3 aromatic rings. The number of methoxy groups -OCH3 is 1. The number of aromatic nitrogens is 1. The van der Waals surface area contributed by atoms with E-state index in [0.29, 0.717) is 17.9 Å². The van der Waals surface area contributed by atoms with Gasteiger partial charge in [-0.15, -0.1) is 0 Å². The lowest BCUT2D eigenvalue weighted by atomic mass is 10.1. The van der Waals surface area contributed by atoms with Gasteiger partial charge in [-0.05, 0) is 61.7 Å². The second-order valence-electron chi connectivity index (χ2n) is 7.39. The molecule has 1 aliphatic heterocycles. The van der Waals surface area contributed by atoms with E-state index in [1.165, 1.54) is 12.7 Å². The number of benzene rings is 2. The number of fused-ring (bicyclic) bond motifs is 1. The number of nitrogens with zero attached hydrogens (tertiary/aromatic N) is 2. The van der Waals surface area contributed by atoms with Crippen molar-refractivity contribution in [3.05, 3.63) is 72.1 Å². The van der Waals surface area contributed by atoms with E-state index >= 15 is 0 Å². The molecule has 4 rings (SSSR count). The lowest BCUT2D eigenvalue weighted by Gasteiger charge is -2.23. The molecule has 0 aliphatic carbocycles. The second kappa shape index (κ2) is 11.8. The zero-order valence-corrected chi connectivity index (χ0v) is 19.6. The zero-order chi connectivity index (χ0) is 23.6. The zero-order valence-electron chi connectivity index (χ0n) is 19.6. The summed E-state index contributed by atoms with van der Waals surface area (Å²) in [6.07, 6.45) is 5.35. The molecule has 7 nitrogen and oxygen atoms in total. The number of esters is 1. The Bertz CT molecular complexity index is 1050. The van der Waals surface area contributed by atoms with Gasteiger partial charge in [-0.2, -0.15) is 0 Å². The van der Waals surface area contributed by atoms with Crippen molar-refractivity contribution in [2.24, 2.45) is 0 Å². The van der Waals surface area contributed by atoms with Crippen LogP contribution >= 0.6 is 0 Å². The van der Waals surface area contributed by atoms with Crippen molar-refractivity contribution in [3.63, 3.8) is 0 Å². The fourth-order valence-corrected chi connectivity index (χ4v) is 3.50. The third kappa shape index (κ3) is 6.16. The summed E-state index contributed by atoms with van der Waals surface area (Å²) in [5, 5.41) is 2.85. The molecule has 2 aromatic carbocycles. The van der Waals surface area contributed by atoms with E-state index in [-0.39, 0.29) is 5.97 Å². The maximum atomic E-state index is 11.1. The Morgan fingerprint density at radius 1 is 1.15 bits per heavy atom. The monoisotopic (exact) mass is 449 g/mol. The van der Waals surface area contributed by atoms with Crippen LogP contribution in [0.25, 0.3) is 0 Å². The van der Waals surface area contributed by atoms with E-state index < -0.39 is 0 Å². The minimum Gasteiger partial charge on any atom is -0.494 e. The van der Waals surface area contributed by atoms with Crippen LogP contribution in [-0.2, 0) is 11.2 Å². The van der Waals surface area contributed by atoms with E-state index in [9.17, 15) is 4.79 Å². The lowest BCUT2D eigenvalue weighted by Crippen LogP contribution is -2.12. The molecule has 0 fully saturated rings. The number of carbonyl (C=O) groups is 1. The van der Waals surface area contributed by atoms with Crippen LogP contribution in [0.5, 0.6) is 11.5 Å². The van der Waals surface area contributed by atoms with E-state index in [1.54, 1.807) is 25.5 Å². The normalized spacial score (nSPS) is 11.8. The van der Waals surface area contributed by atoms with Crippen LogP contribution in [0.3, 0.4) is 0 Å². The Morgan fingerprint density at radius 2 is 1.91 bits per heavy atom. The van der Waals surface area contributed by atoms with Gasteiger partial charge < -0.3 is 24.4 Å². The molecule has 0 amide bonds. The smallest absolute Gasteiger partial charge is 0.340 e. The number of ether oxygens (including phenoxy) is 3. The summed E-state index contributed by atoms with van der Waals surface area (Å²) >= 11 is 0. The highest BCUT2D eigenvalue weighted by atomic mass is 16.5. The molecule has 0 saturated heterocycles. The number of pyridine rings is 1. The van der Waals surface area contributed by atoms with Gasteiger partial charge in [0.05, 0.1) is 37.8 Å². The molecule has 1 aliphatic rings. The fourth-order valence-electron chi connectivity index (χ4n) is 3.50. The van der Waals surface area contributed by atoms with Gasteiger partial charge in [0.15, 0.2) is 0 Å². The largest absolute Gasteiger partial charge is 0.494 e. The van der Waals surface area contributed by atoms with E-state index in [2.05, 4.69) is 57.3 Å². The van der Waals surface area contributed by atoms with Crippen LogP contribution in [0.4, 0.5) is 17.1 Å². The van der Waals surface area contributed by atoms with Crippen molar-refractivity contribution in [2.45, 2.75) is 19.8 Å². The second-order valence-corrected chi connectivity index (χ2v) is 7.39. The first-order chi connectivity index (χ1) is 16.1. The summed E-state index contributed by atoms with van der Waals surface area (Å²) in [4.78, 5) is 17.1. The SMILES string of the molecule is CCOc1ccc(N(C)c2ccc3c(c2)OCCC3)cc1.CNc1cnccc1C(=O)OC. The molecule has 2 heterocycles. The molecule has 0 radical (unpaired) electrons. The summed E-state index contributed by atoms with van der Waals surface area (Å²) in [7, 11) is 5.14. The van der Waals surface area contributed by atoms with Crippen LogP contribution in [0.1, 0.15) is 29.3 Å². The number of anilines is 3. The highest BCUT2D eigenvalue weighted by molar-refractivity contribution is 5.95. The van der Waals surface area contributed by atoms with Crippen LogP contribution < -0.4 is 19.7 Å². The first-order valence-corrected chi connectivity index (χ1v) is 11.0. The van der Waals surface area contributed by atoms with Crippen molar-refractivity contribution >= 4 is 23.0 Å². The highest BCUT2D eigenvalue weighted by Gasteiger charge is 2.13. The summed E-state index contributed by atoms with van der Waals surface area (Å²) in [5.41, 5.74) is 4.75. The van der Waals surface area contributed by atoms with Gasteiger partial charge in [0.25, 0.3) is 0 Å². The topological polar surface area (TPSA) is 72.9 Å². The predicted molar refractivity (Wildman–Crippen MR) is 131 cm³/mol. The van der Waals surface area contributed by atoms with Crippen molar-refractivity contribution in [1.82, 2.24) is 4.98 Å². The molecular formula is C26H31N3O4. The molecule has 7 heteroatoms. The lowest BCUT2D eigenvalue weighted by molar-refractivity contribution is 0.0601. The summed E-state index contributed by atoms with van der Waals surface area (Å²) in [6.45, 7) is 3.51. The summed E-state index contributed by atoms with van der Waals surface area (Å²) < 4.78 is 15.8. The molecule has 0 bridgehead atoms. The van der Waals surface area contributed by atoms with E-state index in [4.69, 9.17) is 9.47 Å². The number of aryl methyl sites for hydroxylation is 1. The number of carbonyl (C=O) groups excluding carboxylic acids is 1. The molecule has 0 atom stereocenters. The van der Waals surface area contributed by atoms with Gasteiger partial charge in [0, 0.05) is 37.7 Å². The highest BCUT2D eigenvalue weighted by Crippen LogP contribution is 2.32. The van der Waals surface area contributed by atoms with Crippen LogP contribution in [0.15, 0.2) is 60.9 Å². The van der Waals surface area contributed by atoms with Crippen molar-refractivity contribution < 1.29 is 19.0 Å². The van der Waals surface area contributed by atoms with E-state index in [0.717, 1.165) is 42.3 Å². The number of hydrogen-bond donors (Lipinski definition) is 1. The van der Waals surface area contributed by atoms with Crippen LogP contribution in [0, 0.1) is 0 Å². The van der Waals surface area contributed by atoms with Crippen molar-refractivity contribution in [1.29, 1.82) is 0 Å². The molecule has 174 valence electrons. The first kappa shape index (κ1) is 23.9. The van der Waals surface area contributed by atoms with Gasteiger partial charge >= 0.3 is 5.97 Å². The fraction of sp³-hybridized carbons (Fsp3) is 0.308. The number of hydrogen-bond acceptors (Lipinski definition) is 7. The molecular weight excluding hydrogens is 418 g/mol. The quantitative estimate of drug-likeness (QED) is 0.526.